The van der Waals surface area contributed by atoms with Gasteiger partial charge in [-0.1, -0.05) is 31.0 Å². The van der Waals surface area contributed by atoms with Crippen LogP contribution in [-0.2, 0) is 4.79 Å². The van der Waals surface area contributed by atoms with Crippen molar-refractivity contribution in [2.24, 2.45) is 0 Å². The molecule has 35 heavy (non-hydrogen) atoms. The fraction of sp³-hybridized carbons (Fsp3) is 0.393. The summed E-state index contributed by atoms with van der Waals surface area (Å²) in [5.41, 5.74) is 5.21. The predicted molar refractivity (Wildman–Crippen MR) is 143 cm³/mol. The molecule has 1 aliphatic heterocycles. The van der Waals surface area contributed by atoms with Gasteiger partial charge in [0.2, 0.25) is 5.91 Å². The number of benzene rings is 1. The number of hydrogen-bond donors (Lipinski definition) is 2. The van der Waals surface area contributed by atoms with Crippen LogP contribution in [0.25, 0.3) is 0 Å². The summed E-state index contributed by atoms with van der Waals surface area (Å²) >= 11 is 5.78. The monoisotopic (exact) mass is 487 g/mol. The van der Waals surface area contributed by atoms with Gasteiger partial charge < -0.3 is 20.1 Å². The van der Waals surface area contributed by atoms with Gasteiger partial charge in [0.25, 0.3) is 0 Å². The SMILES string of the molecule is Cc1ccc(C)c(NC(=O)CCN2C(=S)N[C@H](c3ccccn3)[C@@H]2c2ccn(C3CCCC3)c2)c1. The molecule has 0 spiro atoms. The van der Waals surface area contributed by atoms with Crippen LogP contribution in [0.2, 0.25) is 0 Å². The van der Waals surface area contributed by atoms with E-state index in [9.17, 15) is 4.79 Å². The Hall–Kier alpha value is -3.19. The van der Waals surface area contributed by atoms with E-state index in [1.807, 2.05) is 50.4 Å². The molecule has 7 heteroatoms. The van der Waals surface area contributed by atoms with Gasteiger partial charge in [-0.2, -0.15) is 0 Å². The van der Waals surface area contributed by atoms with Crippen LogP contribution in [0.3, 0.4) is 0 Å². The molecule has 3 aromatic rings. The van der Waals surface area contributed by atoms with E-state index < -0.39 is 0 Å². The molecular formula is C28H33N5OS. The Morgan fingerprint density at radius 2 is 2.00 bits per heavy atom. The van der Waals surface area contributed by atoms with Gasteiger partial charge in [-0.05, 0) is 79.9 Å². The number of hydrogen-bond acceptors (Lipinski definition) is 3. The zero-order chi connectivity index (χ0) is 24.4. The number of anilines is 1. The van der Waals surface area contributed by atoms with Crippen LogP contribution in [0, 0.1) is 13.8 Å². The third-order valence-electron chi connectivity index (χ3n) is 7.27. The first-order chi connectivity index (χ1) is 17.0. The quantitative estimate of drug-likeness (QED) is 0.424. The number of carbonyl (C=O) groups excluding carboxylic acids is 1. The summed E-state index contributed by atoms with van der Waals surface area (Å²) < 4.78 is 2.37. The molecule has 2 N–H and O–H groups in total. The Bertz CT molecular complexity index is 1200. The van der Waals surface area contributed by atoms with Crippen LogP contribution < -0.4 is 10.6 Å². The third kappa shape index (κ3) is 5.10. The molecule has 3 heterocycles. The number of nitrogens with one attached hydrogen (secondary N) is 2. The van der Waals surface area contributed by atoms with Gasteiger partial charge in [0, 0.05) is 43.3 Å². The summed E-state index contributed by atoms with van der Waals surface area (Å²) in [5.74, 6) is -0.00920. The highest BCUT2D eigenvalue weighted by Gasteiger charge is 2.40. The molecule has 2 fully saturated rings. The van der Waals surface area contributed by atoms with Crippen molar-refractivity contribution in [3.05, 3.63) is 83.4 Å². The number of pyridine rings is 1. The molecule has 1 amide bonds. The van der Waals surface area contributed by atoms with Crippen LogP contribution in [-0.4, -0.2) is 32.0 Å². The van der Waals surface area contributed by atoms with Crippen molar-refractivity contribution in [2.75, 3.05) is 11.9 Å². The Morgan fingerprint density at radius 1 is 1.17 bits per heavy atom. The fourth-order valence-electron chi connectivity index (χ4n) is 5.35. The Balaban J connectivity index is 1.36. The molecule has 2 aromatic heterocycles. The van der Waals surface area contributed by atoms with Crippen molar-refractivity contribution in [3.8, 4) is 0 Å². The molecule has 1 aliphatic carbocycles. The van der Waals surface area contributed by atoms with Crippen molar-refractivity contribution >= 4 is 28.9 Å². The zero-order valence-corrected chi connectivity index (χ0v) is 21.2. The van der Waals surface area contributed by atoms with Gasteiger partial charge in [-0.3, -0.25) is 9.78 Å². The van der Waals surface area contributed by atoms with Gasteiger partial charge in [-0.25, -0.2) is 0 Å². The molecule has 0 bridgehead atoms. The van der Waals surface area contributed by atoms with E-state index in [1.165, 1.54) is 31.2 Å². The molecule has 2 atom stereocenters. The van der Waals surface area contributed by atoms with Crippen LogP contribution in [0.4, 0.5) is 5.69 Å². The van der Waals surface area contributed by atoms with Gasteiger partial charge in [-0.15, -0.1) is 0 Å². The maximum atomic E-state index is 12.9. The van der Waals surface area contributed by atoms with Crippen LogP contribution in [0.15, 0.2) is 61.1 Å². The van der Waals surface area contributed by atoms with Gasteiger partial charge in [0.05, 0.1) is 17.8 Å². The minimum atomic E-state index is -0.0646. The zero-order valence-electron chi connectivity index (χ0n) is 20.4. The Labute approximate surface area is 212 Å². The van der Waals surface area contributed by atoms with E-state index in [0.29, 0.717) is 24.1 Å². The first kappa shape index (κ1) is 23.5. The van der Waals surface area contributed by atoms with E-state index in [-0.39, 0.29) is 18.0 Å². The summed E-state index contributed by atoms with van der Waals surface area (Å²) in [4.78, 5) is 19.7. The van der Waals surface area contributed by atoms with Gasteiger partial charge in [0.1, 0.15) is 0 Å². The first-order valence-corrected chi connectivity index (χ1v) is 12.9. The van der Waals surface area contributed by atoms with E-state index in [0.717, 1.165) is 22.5 Å². The number of nitrogens with zero attached hydrogens (tertiary/aromatic N) is 3. The average Bonchev–Trinajstić information content (AvgIpc) is 3.60. The van der Waals surface area contributed by atoms with E-state index in [4.69, 9.17) is 12.2 Å². The molecule has 182 valence electrons. The van der Waals surface area contributed by atoms with Gasteiger partial charge >= 0.3 is 0 Å². The van der Waals surface area contributed by atoms with Crippen molar-refractivity contribution in [1.82, 2.24) is 19.8 Å². The number of amides is 1. The summed E-state index contributed by atoms with van der Waals surface area (Å²) in [6.45, 7) is 4.58. The van der Waals surface area contributed by atoms with Crippen molar-refractivity contribution in [1.29, 1.82) is 0 Å². The maximum absolute atomic E-state index is 12.9. The van der Waals surface area contributed by atoms with Crippen molar-refractivity contribution in [3.63, 3.8) is 0 Å². The summed E-state index contributed by atoms with van der Waals surface area (Å²) in [5, 5.41) is 7.24. The highest BCUT2D eigenvalue weighted by Crippen LogP contribution is 2.40. The van der Waals surface area contributed by atoms with E-state index in [1.54, 1.807) is 0 Å². The van der Waals surface area contributed by atoms with Crippen LogP contribution >= 0.6 is 12.2 Å². The van der Waals surface area contributed by atoms with Crippen LogP contribution in [0.1, 0.15) is 72.6 Å². The maximum Gasteiger partial charge on any atom is 0.226 e. The predicted octanol–water partition coefficient (Wildman–Crippen LogP) is 5.62. The lowest BCUT2D eigenvalue weighted by atomic mass is 9.99. The number of aryl methyl sites for hydroxylation is 2. The summed E-state index contributed by atoms with van der Waals surface area (Å²) in [6, 6.07) is 14.8. The standard InChI is InChI=1S/C28H33N5OS/c1-19-10-11-20(2)24(17-19)30-25(34)13-16-33-27(21-12-15-32(18-21)22-7-3-4-8-22)26(31-28(33)35)23-9-5-6-14-29-23/h5-6,9-12,14-15,17-18,22,26-27H,3-4,7-8,13,16H2,1-2H3,(H,30,34)(H,31,35)/t26-,27+/m1/s1. The molecule has 5 rings (SSSR count). The lowest BCUT2D eigenvalue weighted by Crippen LogP contribution is -2.32. The van der Waals surface area contributed by atoms with E-state index >= 15 is 0 Å². The molecule has 1 saturated carbocycles. The number of thiocarbonyl (C=S) groups is 1. The second-order valence-corrected chi connectivity index (χ2v) is 10.2. The average molecular weight is 488 g/mol. The summed E-state index contributed by atoms with van der Waals surface area (Å²) in [7, 11) is 0. The highest BCUT2D eigenvalue weighted by molar-refractivity contribution is 7.80. The molecule has 0 radical (unpaired) electrons. The Morgan fingerprint density at radius 3 is 2.77 bits per heavy atom. The van der Waals surface area contributed by atoms with E-state index in [2.05, 4.69) is 49.6 Å². The molecular weight excluding hydrogens is 454 g/mol. The minimum absolute atomic E-state index is 0.00920. The summed E-state index contributed by atoms with van der Waals surface area (Å²) in [6.07, 6.45) is 11.7. The first-order valence-electron chi connectivity index (χ1n) is 12.5. The lowest BCUT2D eigenvalue weighted by molar-refractivity contribution is -0.116. The Kier molecular flexibility index (Phi) is 6.86. The lowest BCUT2D eigenvalue weighted by Gasteiger charge is -2.27. The van der Waals surface area contributed by atoms with Crippen molar-refractivity contribution in [2.45, 2.75) is 64.1 Å². The topological polar surface area (TPSA) is 62.2 Å². The fourth-order valence-corrected chi connectivity index (χ4v) is 5.68. The normalized spacial score (nSPS) is 20.3. The van der Waals surface area contributed by atoms with Gasteiger partial charge in [0.15, 0.2) is 5.11 Å². The molecule has 1 saturated heterocycles. The second kappa shape index (κ2) is 10.2. The van der Waals surface area contributed by atoms with Crippen LogP contribution in [0.5, 0.6) is 0 Å². The number of aromatic nitrogens is 2. The number of carbonyl (C=O) groups is 1. The molecule has 6 nitrogen and oxygen atoms in total. The largest absolute Gasteiger partial charge is 0.352 e. The minimum Gasteiger partial charge on any atom is -0.352 e. The second-order valence-electron chi connectivity index (χ2n) is 9.77. The molecule has 0 unspecified atom stereocenters. The number of rotatable bonds is 7. The smallest absolute Gasteiger partial charge is 0.226 e. The molecule has 2 aliphatic rings. The molecule has 1 aromatic carbocycles. The third-order valence-corrected chi connectivity index (χ3v) is 7.62. The highest BCUT2D eigenvalue weighted by atomic mass is 32.1. The van der Waals surface area contributed by atoms with Crippen molar-refractivity contribution < 1.29 is 4.79 Å².